The van der Waals surface area contributed by atoms with E-state index in [2.05, 4.69) is 0 Å². The standard InChI is InChI=1S/C14H16FNO2/c15-11-5-6-12-10(9-11)3-1-7-16(12)14(17)13-4-2-8-18-13/h5-6,9,13H,1-4,7-8H2. The predicted molar refractivity (Wildman–Crippen MR) is 66.0 cm³/mol. The molecule has 1 unspecified atom stereocenters. The van der Waals surface area contributed by atoms with Crippen LogP contribution in [0.5, 0.6) is 0 Å². The van der Waals surface area contributed by atoms with E-state index in [0.717, 1.165) is 36.9 Å². The molecule has 0 aromatic heterocycles. The maximum atomic E-state index is 13.2. The van der Waals surface area contributed by atoms with Crippen molar-refractivity contribution in [2.24, 2.45) is 0 Å². The van der Waals surface area contributed by atoms with E-state index in [4.69, 9.17) is 4.74 Å². The highest BCUT2D eigenvalue weighted by atomic mass is 19.1. The number of halogens is 1. The second-order valence-electron chi connectivity index (χ2n) is 4.87. The lowest BCUT2D eigenvalue weighted by Gasteiger charge is -2.31. The van der Waals surface area contributed by atoms with Crippen LogP contribution < -0.4 is 4.90 Å². The van der Waals surface area contributed by atoms with E-state index in [1.165, 1.54) is 12.1 Å². The van der Waals surface area contributed by atoms with Gasteiger partial charge in [-0.05, 0) is 49.4 Å². The molecule has 1 saturated heterocycles. The first-order valence-corrected chi connectivity index (χ1v) is 6.47. The van der Waals surface area contributed by atoms with Crippen LogP contribution in [-0.4, -0.2) is 25.2 Å². The SMILES string of the molecule is O=C(C1CCCO1)N1CCCc2cc(F)ccc21. The second kappa shape index (κ2) is 4.69. The molecule has 3 nitrogen and oxygen atoms in total. The molecule has 1 aromatic rings. The fourth-order valence-electron chi connectivity index (χ4n) is 2.74. The van der Waals surface area contributed by atoms with E-state index >= 15 is 0 Å². The van der Waals surface area contributed by atoms with E-state index in [1.54, 1.807) is 11.0 Å². The van der Waals surface area contributed by atoms with Crippen LogP contribution in [0.25, 0.3) is 0 Å². The number of carbonyl (C=O) groups excluding carboxylic acids is 1. The lowest BCUT2D eigenvalue weighted by molar-refractivity contribution is -0.127. The Morgan fingerprint density at radius 2 is 2.28 bits per heavy atom. The monoisotopic (exact) mass is 249 g/mol. The van der Waals surface area contributed by atoms with Gasteiger partial charge in [0.1, 0.15) is 11.9 Å². The van der Waals surface area contributed by atoms with Crippen LogP contribution in [0, 0.1) is 5.82 Å². The van der Waals surface area contributed by atoms with Crippen molar-refractivity contribution in [3.05, 3.63) is 29.6 Å². The van der Waals surface area contributed by atoms with Crippen molar-refractivity contribution >= 4 is 11.6 Å². The minimum absolute atomic E-state index is 0.0278. The van der Waals surface area contributed by atoms with Crippen LogP contribution in [-0.2, 0) is 16.0 Å². The van der Waals surface area contributed by atoms with Crippen molar-refractivity contribution in [1.82, 2.24) is 0 Å². The summed E-state index contributed by atoms with van der Waals surface area (Å²) >= 11 is 0. The number of hydrogen-bond acceptors (Lipinski definition) is 2. The molecule has 1 fully saturated rings. The molecule has 0 N–H and O–H groups in total. The zero-order chi connectivity index (χ0) is 12.5. The van der Waals surface area contributed by atoms with Crippen LogP contribution in [0.2, 0.25) is 0 Å². The first-order chi connectivity index (χ1) is 8.75. The fraction of sp³-hybridized carbons (Fsp3) is 0.500. The summed E-state index contributed by atoms with van der Waals surface area (Å²) in [6.45, 7) is 1.37. The van der Waals surface area contributed by atoms with Crippen molar-refractivity contribution in [2.75, 3.05) is 18.1 Å². The Morgan fingerprint density at radius 1 is 1.39 bits per heavy atom. The molecule has 1 atom stereocenters. The number of carbonyl (C=O) groups is 1. The fourth-order valence-corrected chi connectivity index (χ4v) is 2.74. The number of nitrogens with zero attached hydrogens (tertiary/aromatic N) is 1. The number of rotatable bonds is 1. The number of amides is 1. The molecule has 3 rings (SSSR count). The molecule has 0 saturated carbocycles. The molecule has 2 aliphatic rings. The highest BCUT2D eigenvalue weighted by molar-refractivity contribution is 5.97. The Labute approximate surface area is 106 Å². The highest BCUT2D eigenvalue weighted by Gasteiger charge is 2.31. The third-order valence-electron chi connectivity index (χ3n) is 3.63. The highest BCUT2D eigenvalue weighted by Crippen LogP contribution is 2.29. The molecule has 2 aliphatic heterocycles. The minimum atomic E-state index is -0.305. The van der Waals surface area contributed by atoms with Gasteiger partial charge in [-0.1, -0.05) is 0 Å². The molecule has 4 heteroatoms. The van der Waals surface area contributed by atoms with Gasteiger partial charge in [0.05, 0.1) is 0 Å². The summed E-state index contributed by atoms with van der Waals surface area (Å²) < 4.78 is 18.6. The maximum Gasteiger partial charge on any atom is 0.256 e. The summed E-state index contributed by atoms with van der Waals surface area (Å²) in [5, 5.41) is 0. The quantitative estimate of drug-likeness (QED) is 0.764. The smallest absolute Gasteiger partial charge is 0.256 e. The first kappa shape index (κ1) is 11.7. The summed E-state index contributed by atoms with van der Waals surface area (Å²) in [5.74, 6) is -0.208. The second-order valence-corrected chi connectivity index (χ2v) is 4.87. The van der Waals surface area contributed by atoms with Gasteiger partial charge >= 0.3 is 0 Å². The van der Waals surface area contributed by atoms with Crippen LogP contribution in [0.15, 0.2) is 18.2 Å². The van der Waals surface area contributed by atoms with Gasteiger partial charge in [0.2, 0.25) is 0 Å². The van der Waals surface area contributed by atoms with Crippen molar-refractivity contribution in [3.63, 3.8) is 0 Å². The van der Waals surface area contributed by atoms with E-state index in [0.29, 0.717) is 13.2 Å². The lowest BCUT2D eigenvalue weighted by Crippen LogP contribution is -2.42. The molecule has 0 spiro atoms. The van der Waals surface area contributed by atoms with E-state index in [1.807, 2.05) is 0 Å². The topological polar surface area (TPSA) is 29.5 Å². The molecule has 2 heterocycles. The summed E-state index contributed by atoms with van der Waals surface area (Å²) in [6, 6.07) is 4.65. The molecular weight excluding hydrogens is 233 g/mol. The van der Waals surface area contributed by atoms with E-state index < -0.39 is 0 Å². The largest absolute Gasteiger partial charge is 0.368 e. The molecule has 1 amide bonds. The van der Waals surface area contributed by atoms with Crippen LogP contribution >= 0.6 is 0 Å². The van der Waals surface area contributed by atoms with E-state index in [9.17, 15) is 9.18 Å². The number of aryl methyl sites for hydroxylation is 1. The van der Waals surface area contributed by atoms with Gasteiger partial charge in [-0.3, -0.25) is 4.79 Å². The summed E-state index contributed by atoms with van der Waals surface area (Å²) in [7, 11) is 0. The number of anilines is 1. The maximum absolute atomic E-state index is 13.2. The third-order valence-corrected chi connectivity index (χ3v) is 3.63. The van der Waals surface area contributed by atoms with Gasteiger partial charge < -0.3 is 9.64 Å². The molecule has 1 aromatic carbocycles. The average molecular weight is 249 g/mol. The predicted octanol–water partition coefficient (Wildman–Crippen LogP) is 2.28. The van der Waals surface area contributed by atoms with Gasteiger partial charge in [0.15, 0.2) is 0 Å². The van der Waals surface area contributed by atoms with Gasteiger partial charge in [-0.2, -0.15) is 0 Å². The summed E-state index contributed by atoms with van der Waals surface area (Å²) in [4.78, 5) is 14.1. The Balaban J connectivity index is 1.88. The van der Waals surface area contributed by atoms with Crippen LogP contribution in [0.3, 0.4) is 0 Å². The number of ether oxygens (including phenoxy) is 1. The first-order valence-electron chi connectivity index (χ1n) is 6.47. The number of fused-ring (bicyclic) bond motifs is 1. The summed E-state index contributed by atoms with van der Waals surface area (Å²) in [6.07, 6.45) is 3.16. The van der Waals surface area contributed by atoms with Crippen molar-refractivity contribution in [2.45, 2.75) is 31.8 Å². The molecule has 0 aliphatic carbocycles. The summed E-state index contributed by atoms with van der Waals surface area (Å²) in [5.41, 5.74) is 1.77. The molecule has 96 valence electrons. The zero-order valence-electron chi connectivity index (χ0n) is 10.2. The average Bonchev–Trinajstić information content (AvgIpc) is 2.90. The Hall–Kier alpha value is -1.42. The molecule has 0 radical (unpaired) electrons. The van der Waals surface area contributed by atoms with Crippen molar-refractivity contribution < 1.29 is 13.9 Å². The Kier molecular flexibility index (Phi) is 3.04. The van der Waals surface area contributed by atoms with Gasteiger partial charge in [0, 0.05) is 18.8 Å². The number of hydrogen-bond donors (Lipinski definition) is 0. The van der Waals surface area contributed by atoms with Crippen molar-refractivity contribution in [3.8, 4) is 0 Å². The van der Waals surface area contributed by atoms with Crippen LogP contribution in [0.4, 0.5) is 10.1 Å². The number of benzene rings is 1. The Bertz CT molecular complexity index is 469. The van der Waals surface area contributed by atoms with Crippen molar-refractivity contribution in [1.29, 1.82) is 0 Å². The van der Waals surface area contributed by atoms with E-state index in [-0.39, 0.29) is 17.8 Å². The molecular formula is C14H16FNO2. The normalized spacial score (nSPS) is 22.9. The zero-order valence-corrected chi connectivity index (χ0v) is 10.2. The van der Waals surface area contributed by atoms with Gasteiger partial charge in [0.25, 0.3) is 5.91 Å². The Morgan fingerprint density at radius 3 is 3.06 bits per heavy atom. The molecule has 0 bridgehead atoms. The van der Waals surface area contributed by atoms with Gasteiger partial charge in [-0.25, -0.2) is 4.39 Å². The van der Waals surface area contributed by atoms with Crippen LogP contribution in [0.1, 0.15) is 24.8 Å². The molecule has 18 heavy (non-hydrogen) atoms. The lowest BCUT2D eigenvalue weighted by atomic mass is 10.0. The van der Waals surface area contributed by atoms with Gasteiger partial charge in [-0.15, -0.1) is 0 Å². The minimum Gasteiger partial charge on any atom is -0.368 e. The third kappa shape index (κ3) is 2.01.